The van der Waals surface area contributed by atoms with E-state index < -0.39 is 22.0 Å². The fourth-order valence-corrected chi connectivity index (χ4v) is 4.19. The number of hydrogen-bond acceptors (Lipinski definition) is 7. The lowest BCUT2D eigenvalue weighted by molar-refractivity contribution is -0.192. The van der Waals surface area contributed by atoms with E-state index in [0.29, 0.717) is 28.9 Å². The van der Waals surface area contributed by atoms with Crippen LogP contribution in [-0.4, -0.2) is 41.4 Å². The van der Waals surface area contributed by atoms with Gasteiger partial charge in [0.2, 0.25) is 5.95 Å². The Morgan fingerprint density at radius 1 is 1.06 bits per heavy atom. The molecule has 0 fully saturated rings. The highest BCUT2D eigenvalue weighted by atomic mass is 35.5. The Labute approximate surface area is 191 Å². The molecule has 174 valence electrons. The maximum atomic E-state index is 12.7. The topological polar surface area (TPSA) is 121 Å². The Kier molecular flexibility index (Phi) is 7.08. The predicted octanol–water partition coefficient (Wildman–Crippen LogP) is 4.58. The molecule has 4 rings (SSSR count). The number of aliphatic carboxylic acids is 1. The second-order valence-electron chi connectivity index (χ2n) is 6.74. The number of rotatable bonds is 0. The van der Waals surface area contributed by atoms with Crippen LogP contribution < -0.4 is 10.6 Å². The Morgan fingerprint density at radius 3 is 2.36 bits per heavy atom. The van der Waals surface area contributed by atoms with Crippen LogP contribution in [0.25, 0.3) is 0 Å². The summed E-state index contributed by atoms with van der Waals surface area (Å²) >= 11 is 6.18. The van der Waals surface area contributed by atoms with Gasteiger partial charge in [0, 0.05) is 11.4 Å². The predicted molar refractivity (Wildman–Crippen MR) is 116 cm³/mol. The van der Waals surface area contributed by atoms with Crippen molar-refractivity contribution in [1.29, 1.82) is 0 Å². The fourth-order valence-electron chi connectivity index (χ4n) is 2.72. The van der Waals surface area contributed by atoms with E-state index in [1.54, 1.807) is 24.3 Å². The second kappa shape index (κ2) is 9.63. The Hall–Kier alpha value is -3.38. The van der Waals surface area contributed by atoms with Crippen molar-refractivity contribution in [3.8, 4) is 0 Å². The quantitative estimate of drug-likeness (QED) is 0.410. The van der Waals surface area contributed by atoms with E-state index in [2.05, 4.69) is 20.6 Å². The number of hydrogen-bond donors (Lipinski definition) is 3. The molecule has 0 amide bonds. The molecular weight excluding hydrogens is 485 g/mol. The number of carboxylic acid groups (broad SMARTS) is 1. The molecule has 13 heteroatoms. The number of sulfone groups is 1. The zero-order valence-electron chi connectivity index (χ0n) is 16.6. The number of halogens is 4. The first-order valence-corrected chi connectivity index (χ1v) is 11.3. The molecule has 6 bridgehead atoms. The van der Waals surface area contributed by atoms with E-state index in [1.807, 2.05) is 24.3 Å². The summed E-state index contributed by atoms with van der Waals surface area (Å²) in [5, 5.41) is 13.6. The number of nitrogens with zero attached hydrogens (tertiary/aromatic N) is 2. The van der Waals surface area contributed by atoms with Crippen molar-refractivity contribution in [3.63, 3.8) is 0 Å². The van der Waals surface area contributed by atoms with Gasteiger partial charge >= 0.3 is 12.1 Å². The summed E-state index contributed by atoms with van der Waals surface area (Å²) in [5.41, 5.74) is 2.29. The second-order valence-corrected chi connectivity index (χ2v) is 9.26. The largest absolute Gasteiger partial charge is 0.490 e. The maximum absolute atomic E-state index is 12.7. The van der Waals surface area contributed by atoms with Crippen molar-refractivity contribution < 1.29 is 31.5 Å². The third kappa shape index (κ3) is 6.56. The van der Waals surface area contributed by atoms with Gasteiger partial charge in [0.05, 0.1) is 16.8 Å². The van der Waals surface area contributed by atoms with Gasteiger partial charge in [-0.3, -0.25) is 0 Å². The van der Waals surface area contributed by atoms with Gasteiger partial charge in [-0.1, -0.05) is 29.8 Å². The molecule has 0 atom stereocenters. The summed E-state index contributed by atoms with van der Waals surface area (Å²) in [6.07, 6.45) is -3.17. The summed E-state index contributed by atoms with van der Waals surface area (Å²) in [4.78, 5) is 17.7. The van der Waals surface area contributed by atoms with Gasteiger partial charge in [-0.05, 0) is 42.3 Å². The third-order valence-electron chi connectivity index (χ3n) is 4.29. The zero-order valence-corrected chi connectivity index (χ0v) is 18.2. The average Bonchev–Trinajstić information content (AvgIpc) is 2.74. The molecule has 0 radical (unpaired) electrons. The van der Waals surface area contributed by atoms with E-state index >= 15 is 0 Å². The zero-order chi connectivity index (χ0) is 24.2. The molecule has 1 aliphatic heterocycles. The lowest BCUT2D eigenvalue weighted by Gasteiger charge is -2.13. The molecule has 0 saturated carbocycles. The van der Waals surface area contributed by atoms with Crippen LogP contribution in [-0.2, 0) is 21.1 Å². The van der Waals surface area contributed by atoms with Gasteiger partial charge in [-0.25, -0.2) is 18.2 Å². The number of aryl methyl sites for hydroxylation is 1. The highest BCUT2D eigenvalue weighted by Crippen LogP contribution is 2.27. The molecule has 3 N–H and O–H groups in total. The van der Waals surface area contributed by atoms with E-state index in [0.717, 1.165) is 11.3 Å². The SMILES string of the molecule is O=C(O)C(F)(F)F.O=S1(=O)CCc2cccc(c2)Nc2ncc(Cl)c(n2)Nc2cccc1c2. The monoisotopic (exact) mass is 500 g/mol. The number of benzene rings is 2. The van der Waals surface area contributed by atoms with Crippen LogP contribution in [0.15, 0.2) is 59.6 Å². The van der Waals surface area contributed by atoms with Crippen molar-refractivity contribution in [2.75, 3.05) is 16.4 Å². The summed E-state index contributed by atoms with van der Waals surface area (Å²) < 4.78 is 57.1. The minimum Gasteiger partial charge on any atom is -0.475 e. The average molecular weight is 501 g/mol. The summed E-state index contributed by atoms with van der Waals surface area (Å²) in [6, 6.07) is 14.2. The Balaban J connectivity index is 0.000000383. The van der Waals surface area contributed by atoms with Crippen LogP contribution in [0.3, 0.4) is 0 Å². The molecule has 3 aromatic rings. The van der Waals surface area contributed by atoms with Gasteiger partial charge in [-0.2, -0.15) is 18.2 Å². The summed E-state index contributed by atoms with van der Waals surface area (Å²) in [5.74, 6) is -1.93. The van der Waals surface area contributed by atoms with Gasteiger partial charge in [0.15, 0.2) is 15.7 Å². The molecular formula is C20H16ClF3N4O4S. The highest BCUT2D eigenvalue weighted by molar-refractivity contribution is 7.91. The first kappa shape index (κ1) is 24.3. The molecule has 1 aliphatic rings. The number of alkyl halides is 3. The number of carboxylic acids is 1. The molecule has 8 nitrogen and oxygen atoms in total. The molecule has 0 aliphatic carbocycles. The number of aromatic nitrogens is 2. The molecule has 2 aromatic carbocycles. The third-order valence-corrected chi connectivity index (χ3v) is 6.28. The first-order valence-electron chi connectivity index (χ1n) is 9.22. The first-order chi connectivity index (χ1) is 15.4. The van der Waals surface area contributed by atoms with Crippen LogP contribution in [0.5, 0.6) is 0 Å². The van der Waals surface area contributed by atoms with Crippen molar-refractivity contribution in [3.05, 3.63) is 65.3 Å². The summed E-state index contributed by atoms with van der Waals surface area (Å²) in [7, 11) is -3.41. The minimum atomic E-state index is -5.08. The normalized spacial score (nSPS) is 14.4. The lowest BCUT2D eigenvalue weighted by Crippen LogP contribution is -2.21. The van der Waals surface area contributed by atoms with Crippen LogP contribution in [0, 0.1) is 0 Å². The fraction of sp³-hybridized carbons (Fsp3) is 0.150. The lowest BCUT2D eigenvalue weighted by atomic mass is 10.1. The van der Waals surface area contributed by atoms with Crippen LogP contribution in [0.2, 0.25) is 5.02 Å². The van der Waals surface area contributed by atoms with E-state index in [-0.39, 0.29) is 10.6 Å². The van der Waals surface area contributed by atoms with Crippen LogP contribution >= 0.6 is 11.6 Å². The smallest absolute Gasteiger partial charge is 0.475 e. The number of fused-ring (bicyclic) bond motifs is 6. The molecule has 1 aromatic heterocycles. The standard InChI is InChI=1S/C18H15ClN4O2S.C2HF3O2/c19-16-11-20-18-22-13-4-1-3-12(9-13)7-8-26(24,25)15-6-2-5-14(10-15)21-17(16)23-18;3-2(4,5)1(6)7/h1-6,9-11H,7-8H2,(H2,20,21,22,23);(H,6,7). The van der Waals surface area contributed by atoms with Gasteiger partial charge in [0.1, 0.15) is 5.02 Å². The summed E-state index contributed by atoms with van der Waals surface area (Å²) in [6.45, 7) is 0. The Bertz CT molecular complexity index is 1290. The van der Waals surface area contributed by atoms with Crippen molar-refractivity contribution in [2.24, 2.45) is 0 Å². The maximum Gasteiger partial charge on any atom is 0.490 e. The van der Waals surface area contributed by atoms with Crippen molar-refractivity contribution in [2.45, 2.75) is 17.5 Å². The van der Waals surface area contributed by atoms with E-state index in [4.69, 9.17) is 21.5 Å². The molecule has 2 heterocycles. The molecule has 0 saturated heterocycles. The Morgan fingerprint density at radius 2 is 1.70 bits per heavy atom. The van der Waals surface area contributed by atoms with E-state index in [1.165, 1.54) is 6.20 Å². The highest BCUT2D eigenvalue weighted by Gasteiger charge is 2.38. The van der Waals surface area contributed by atoms with Gasteiger partial charge in [0.25, 0.3) is 0 Å². The van der Waals surface area contributed by atoms with Crippen LogP contribution in [0.4, 0.5) is 36.3 Å². The number of carbonyl (C=O) groups is 1. The van der Waals surface area contributed by atoms with E-state index in [9.17, 15) is 21.6 Å². The molecule has 0 unspecified atom stereocenters. The number of anilines is 4. The van der Waals surface area contributed by atoms with Crippen molar-refractivity contribution >= 4 is 50.5 Å². The van der Waals surface area contributed by atoms with Crippen LogP contribution in [0.1, 0.15) is 5.56 Å². The number of nitrogens with one attached hydrogen (secondary N) is 2. The molecule has 0 spiro atoms. The van der Waals surface area contributed by atoms with Gasteiger partial charge < -0.3 is 15.7 Å². The van der Waals surface area contributed by atoms with Gasteiger partial charge in [-0.15, -0.1) is 0 Å². The van der Waals surface area contributed by atoms with Crippen molar-refractivity contribution in [1.82, 2.24) is 9.97 Å². The minimum absolute atomic E-state index is 0.0302. The molecule has 33 heavy (non-hydrogen) atoms.